The van der Waals surface area contributed by atoms with E-state index in [2.05, 4.69) is 15.5 Å². The lowest BCUT2D eigenvalue weighted by Gasteiger charge is -2.07. The van der Waals surface area contributed by atoms with Gasteiger partial charge in [0, 0.05) is 29.8 Å². The van der Waals surface area contributed by atoms with Gasteiger partial charge in [0.05, 0.1) is 10.7 Å². The van der Waals surface area contributed by atoms with E-state index in [0.29, 0.717) is 29.0 Å². The Kier molecular flexibility index (Phi) is 5.48. The molecule has 0 spiro atoms. The van der Waals surface area contributed by atoms with Crippen LogP contribution < -0.4 is 5.32 Å². The van der Waals surface area contributed by atoms with Gasteiger partial charge in [-0.05, 0) is 31.2 Å². The van der Waals surface area contributed by atoms with Gasteiger partial charge in [0.15, 0.2) is 10.9 Å². The number of furan rings is 1. The normalized spacial score (nSPS) is 11.0. The van der Waals surface area contributed by atoms with E-state index < -0.39 is 4.92 Å². The first-order valence-corrected chi connectivity index (χ1v) is 10.1. The van der Waals surface area contributed by atoms with Crippen LogP contribution in [0.5, 0.6) is 0 Å². The summed E-state index contributed by atoms with van der Waals surface area (Å²) in [5, 5.41) is 23.4. The summed E-state index contributed by atoms with van der Waals surface area (Å²) in [5.74, 6) is 1.10. The van der Waals surface area contributed by atoms with E-state index in [0.717, 1.165) is 11.0 Å². The summed E-state index contributed by atoms with van der Waals surface area (Å²) in [7, 11) is 0. The van der Waals surface area contributed by atoms with Crippen molar-refractivity contribution < 1.29 is 14.1 Å². The fourth-order valence-corrected chi connectivity index (χ4v) is 3.75. The quantitative estimate of drug-likeness (QED) is 0.267. The molecule has 0 aliphatic rings. The molecule has 4 aromatic rings. The molecule has 0 radical (unpaired) electrons. The highest BCUT2D eigenvalue weighted by Crippen LogP contribution is 2.29. The molecule has 1 amide bonds. The van der Waals surface area contributed by atoms with Gasteiger partial charge in [-0.15, -0.1) is 10.2 Å². The van der Waals surface area contributed by atoms with Gasteiger partial charge in [-0.3, -0.25) is 19.5 Å². The van der Waals surface area contributed by atoms with Crippen LogP contribution in [0.25, 0.3) is 22.6 Å². The van der Waals surface area contributed by atoms with Crippen molar-refractivity contribution in [2.24, 2.45) is 0 Å². The Morgan fingerprint density at radius 3 is 2.67 bits per heavy atom. The second-order valence-electron chi connectivity index (χ2n) is 6.34. The van der Waals surface area contributed by atoms with Crippen molar-refractivity contribution >= 4 is 40.0 Å². The van der Waals surface area contributed by atoms with Crippen LogP contribution in [-0.4, -0.2) is 31.3 Å². The highest BCUT2D eigenvalue weighted by atomic mass is 32.2. The molecule has 0 unspecified atom stereocenters. The molecule has 2 aromatic carbocycles. The Morgan fingerprint density at radius 2 is 1.97 bits per heavy atom. The summed E-state index contributed by atoms with van der Waals surface area (Å²) in [4.78, 5) is 22.5. The summed E-state index contributed by atoms with van der Waals surface area (Å²) in [6, 6.07) is 15.3. The van der Waals surface area contributed by atoms with Gasteiger partial charge in [-0.25, -0.2) is 0 Å². The lowest BCUT2D eigenvalue weighted by molar-refractivity contribution is -0.384. The van der Waals surface area contributed by atoms with E-state index in [1.54, 1.807) is 0 Å². The lowest BCUT2D eigenvalue weighted by atomic mass is 10.2. The molecule has 0 aliphatic carbocycles. The number of aromatic nitrogens is 3. The number of hydrogen-bond acceptors (Lipinski definition) is 7. The summed E-state index contributed by atoms with van der Waals surface area (Å²) >= 11 is 1.26. The fourth-order valence-electron chi connectivity index (χ4n) is 2.95. The molecule has 9 nitrogen and oxygen atoms in total. The van der Waals surface area contributed by atoms with Crippen LogP contribution >= 0.6 is 11.8 Å². The first-order chi connectivity index (χ1) is 14.5. The molecule has 2 aromatic heterocycles. The highest BCUT2D eigenvalue weighted by molar-refractivity contribution is 7.99. The average Bonchev–Trinajstić information content (AvgIpc) is 3.36. The number of carbonyl (C=O) groups is 1. The second kappa shape index (κ2) is 8.37. The zero-order chi connectivity index (χ0) is 21.1. The van der Waals surface area contributed by atoms with Gasteiger partial charge in [0.1, 0.15) is 5.58 Å². The molecular formula is C20H17N5O4S. The molecule has 2 heterocycles. The first-order valence-electron chi connectivity index (χ1n) is 9.14. The predicted octanol–water partition coefficient (Wildman–Crippen LogP) is 4.35. The number of nitrogens with zero attached hydrogens (tertiary/aromatic N) is 4. The van der Waals surface area contributed by atoms with Gasteiger partial charge >= 0.3 is 0 Å². The number of nitrogens with one attached hydrogen (secondary N) is 1. The maximum Gasteiger partial charge on any atom is 0.269 e. The summed E-state index contributed by atoms with van der Waals surface area (Å²) in [6.07, 6.45) is 0. The van der Waals surface area contributed by atoms with Crippen LogP contribution in [0, 0.1) is 10.1 Å². The van der Waals surface area contributed by atoms with Crippen molar-refractivity contribution in [3.05, 3.63) is 64.7 Å². The molecule has 4 rings (SSSR count). The Hall–Kier alpha value is -3.66. The topological polar surface area (TPSA) is 116 Å². The van der Waals surface area contributed by atoms with E-state index in [9.17, 15) is 14.9 Å². The molecule has 0 aliphatic heterocycles. The van der Waals surface area contributed by atoms with Gasteiger partial charge in [0.2, 0.25) is 11.7 Å². The molecule has 0 saturated heterocycles. The standard InChI is InChI=1S/C20H17N5O4S/c1-2-24-19(17-11-13-5-3-4-6-16(13)29-17)22-23-20(24)30-12-18(26)21-14-7-9-15(10-8-14)25(27)28/h3-11H,2,12H2,1H3,(H,21,26). The second-order valence-corrected chi connectivity index (χ2v) is 7.28. The van der Waals surface area contributed by atoms with Crippen LogP contribution in [0.1, 0.15) is 6.92 Å². The highest BCUT2D eigenvalue weighted by Gasteiger charge is 2.18. The van der Waals surface area contributed by atoms with E-state index in [4.69, 9.17) is 4.42 Å². The number of non-ortho nitro benzene ring substituents is 1. The van der Waals surface area contributed by atoms with Crippen molar-refractivity contribution in [3.8, 4) is 11.6 Å². The summed E-state index contributed by atoms with van der Waals surface area (Å²) in [5.41, 5.74) is 1.23. The van der Waals surface area contributed by atoms with Crippen LogP contribution in [-0.2, 0) is 11.3 Å². The average molecular weight is 423 g/mol. The van der Waals surface area contributed by atoms with Gasteiger partial charge in [-0.2, -0.15) is 0 Å². The van der Waals surface area contributed by atoms with E-state index in [1.165, 1.54) is 36.0 Å². The maximum absolute atomic E-state index is 12.3. The molecule has 30 heavy (non-hydrogen) atoms. The number of fused-ring (bicyclic) bond motifs is 1. The van der Waals surface area contributed by atoms with Crippen LogP contribution in [0.2, 0.25) is 0 Å². The van der Waals surface area contributed by atoms with Crippen LogP contribution in [0.15, 0.2) is 64.2 Å². The number of amides is 1. The van der Waals surface area contributed by atoms with E-state index in [-0.39, 0.29) is 17.3 Å². The number of carbonyl (C=O) groups excluding carboxylic acids is 1. The molecule has 0 bridgehead atoms. The number of hydrogen-bond donors (Lipinski definition) is 1. The number of nitro groups is 1. The number of thioether (sulfide) groups is 1. The summed E-state index contributed by atoms with van der Waals surface area (Å²) < 4.78 is 7.77. The largest absolute Gasteiger partial charge is 0.453 e. The monoisotopic (exact) mass is 423 g/mol. The Morgan fingerprint density at radius 1 is 1.20 bits per heavy atom. The number of anilines is 1. The zero-order valence-corrected chi connectivity index (χ0v) is 16.8. The molecule has 1 N–H and O–H groups in total. The minimum absolute atomic E-state index is 0.0310. The van der Waals surface area contributed by atoms with Gasteiger partial charge in [0.25, 0.3) is 5.69 Å². The third kappa shape index (κ3) is 4.03. The van der Waals surface area contributed by atoms with Gasteiger partial charge in [-0.1, -0.05) is 30.0 Å². The van der Waals surface area contributed by atoms with Crippen LogP contribution in [0.4, 0.5) is 11.4 Å². The van der Waals surface area contributed by atoms with Crippen molar-refractivity contribution in [2.45, 2.75) is 18.6 Å². The third-order valence-electron chi connectivity index (χ3n) is 4.37. The molecule has 10 heteroatoms. The Bertz CT molecular complexity index is 1180. The summed E-state index contributed by atoms with van der Waals surface area (Å²) in [6.45, 7) is 2.59. The van der Waals surface area contributed by atoms with Crippen LogP contribution in [0.3, 0.4) is 0 Å². The number of para-hydroxylation sites is 1. The minimum Gasteiger partial charge on any atom is -0.453 e. The van der Waals surface area contributed by atoms with Crippen molar-refractivity contribution in [1.29, 1.82) is 0 Å². The molecule has 0 saturated carbocycles. The smallest absolute Gasteiger partial charge is 0.269 e. The molecule has 152 valence electrons. The van der Waals surface area contributed by atoms with Crippen molar-refractivity contribution in [2.75, 3.05) is 11.1 Å². The number of benzene rings is 2. The fraction of sp³-hybridized carbons (Fsp3) is 0.150. The maximum atomic E-state index is 12.3. The Balaban J connectivity index is 1.44. The lowest BCUT2D eigenvalue weighted by Crippen LogP contribution is -2.14. The number of nitro benzene ring substituents is 1. The van der Waals surface area contributed by atoms with Crippen molar-refractivity contribution in [1.82, 2.24) is 14.8 Å². The Labute approximate surface area is 175 Å². The van der Waals surface area contributed by atoms with Crippen molar-refractivity contribution in [3.63, 3.8) is 0 Å². The molecule has 0 atom stereocenters. The number of rotatable bonds is 7. The third-order valence-corrected chi connectivity index (χ3v) is 5.34. The minimum atomic E-state index is -0.487. The van der Waals surface area contributed by atoms with Gasteiger partial charge < -0.3 is 9.73 Å². The van der Waals surface area contributed by atoms with E-state index >= 15 is 0 Å². The zero-order valence-electron chi connectivity index (χ0n) is 15.9. The molecule has 0 fully saturated rings. The predicted molar refractivity (Wildman–Crippen MR) is 113 cm³/mol. The first kappa shape index (κ1) is 19.6. The molecular weight excluding hydrogens is 406 g/mol. The SMILES string of the molecule is CCn1c(SCC(=O)Nc2ccc([N+](=O)[O-])cc2)nnc1-c1cc2ccccc2o1. The van der Waals surface area contributed by atoms with E-state index in [1.807, 2.05) is 41.8 Å².